The van der Waals surface area contributed by atoms with E-state index >= 15 is 0 Å². The van der Waals surface area contributed by atoms with Crippen LogP contribution in [0.25, 0.3) is 0 Å². The SMILES string of the molecule is O=C(NC1CCC(F)(F)CC1)N[C@](Cc1ccccc1)(c1ccc(F)cc1)c1cc(F)cc(OC(F)(F)C(F)(F)F)c1. The Labute approximate surface area is 234 Å². The van der Waals surface area contributed by atoms with E-state index in [0.29, 0.717) is 11.6 Å². The number of nitrogens with one attached hydrogen (secondary N) is 2. The number of halogens is 9. The number of rotatable bonds is 8. The molecule has 0 unspecified atom stereocenters. The van der Waals surface area contributed by atoms with Gasteiger partial charge in [-0.15, -0.1) is 0 Å². The van der Waals surface area contributed by atoms with Crippen LogP contribution in [0.3, 0.4) is 0 Å². The minimum Gasteiger partial charge on any atom is -0.426 e. The highest BCUT2D eigenvalue weighted by Crippen LogP contribution is 2.41. The summed E-state index contributed by atoms with van der Waals surface area (Å²) in [6.07, 6.45) is -13.0. The maximum atomic E-state index is 14.9. The van der Waals surface area contributed by atoms with Crippen LogP contribution in [0.2, 0.25) is 0 Å². The van der Waals surface area contributed by atoms with E-state index in [-0.39, 0.29) is 30.4 Å². The molecule has 1 saturated carbocycles. The molecule has 4 rings (SSSR count). The molecule has 0 aromatic heterocycles. The second-order valence-corrected chi connectivity index (χ2v) is 10.1. The van der Waals surface area contributed by atoms with Crippen molar-refractivity contribution in [2.75, 3.05) is 0 Å². The lowest BCUT2D eigenvalue weighted by atomic mass is 9.77. The van der Waals surface area contributed by atoms with Crippen LogP contribution >= 0.6 is 0 Å². The molecule has 1 atom stereocenters. The Kier molecular flexibility index (Phi) is 8.70. The maximum absolute atomic E-state index is 14.9. The highest BCUT2D eigenvalue weighted by molar-refractivity contribution is 5.76. The van der Waals surface area contributed by atoms with Crippen molar-refractivity contribution in [3.8, 4) is 5.75 Å². The lowest BCUT2D eigenvalue weighted by Gasteiger charge is -2.38. The first kappa shape index (κ1) is 31.0. The molecule has 2 N–H and O–H groups in total. The predicted octanol–water partition coefficient (Wildman–Crippen LogP) is 7.86. The summed E-state index contributed by atoms with van der Waals surface area (Å²) in [7, 11) is 0. The highest BCUT2D eigenvalue weighted by Gasteiger charge is 2.61. The zero-order valence-electron chi connectivity index (χ0n) is 21.8. The third-order valence-corrected chi connectivity index (χ3v) is 6.97. The van der Waals surface area contributed by atoms with Crippen molar-refractivity contribution in [1.82, 2.24) is 10.6 Å². The van der Waals surface area contributed by atoms with E-state index in [4.69, 9.17) is 0 Å². The molecule has 3 aromatic carbocycles. The Balaban J connectivity index is 1.82. The fourth-order valence-corrected chi connectivity index (χ4v) is 4.87. The summed E-state index contributed by atoms with van der Waals surface area (Å²) in [5, 5.41) is 5.24. The van der Waals surface area contributed by atoms with Crippen LogP contribution in [0.5, 0.6) is 5.75 Å². The highest BCUT2D eigenvalue weighted by atomic mass is 19.4. The molecule has 0 heterocycles. The fraction of sp³-hybridized carbons (Fsp3) is 0.345. The van der Waals surface area contributed by atoms with E-state index in [1.54, 1.807) is 30.3 Å². The van der Waals surface area contributed by atoms with E-state index in [0.717, 1.165) is 24.3 Å². The number of hydrogen-bond acceptors (Lipinski definition) is 2. The number of benzene rings is 3. The van der Waals surface area contributed by atoms with Gasteiger partial charge in [0.15, 0.2) is 0 Å². The van der Waals surface area contributed by atoms with Gasteiger partial charge in [0.05, 0.1) is 5.54 Å². The van der Waals surface area contributed by atoms with E-state index in [1.807, 2.05) is 0 Å². The third-order valence-electron chi connectivity index (χ3n) is 6.97. The van der Waals surface area contributed by atoms with Crippen LogP contribution in [0.1, 0.15) is 42.4 Å². The zero-order chi connectivity index (χ0) is 30.8. The number of urea groups is 1. The van der Waals surface area contributed by atoms with Crippen molar-refractivity contribution in [1.29, 1.82) is 0 Å². The van der Waals surface area contributed by atoms with E-state index in [9.17, 15) is 44.3 Å². The van der Waals surface area contributed by atoms with E-state index in [1.165, 1.54) is 12.1 Å². The van der Waals surface area contributed by atoms with E-state index < -0.39 is 66.0 Å². The standard InChI is InChI=1S/C29H25F9N2O2/c30-21-8-6-19(7-9-21)27(17-18-4-2-1-3-5-18,40-25(41)39-23-10-12-26(32,33)13-11-23)20-14-22(31)16-24(15-20)42-29(37,38)28(34,35)36/h1-9,14-16,23H,10-13,17H2,(H2,39,40,41)/t27-/m1/s1. The van der Waals surface area contributed by atoms with Gasteiger partial charge in [-0.3, -0.25) is 0 Å². The summed E-state index contributed by atoms with van der Waals surface area (Å²) in [5.74, 6) is -6.02. The lowest BCUT2D eigenvalue weighted by molar-refractivity contribution is -0.360. The van der Waals surface area contributed by atoms with Gasteiger partial charge in [0, 0.05) is 31.4 Å². The molecule has 3 aromatic rings. The average Bonchev–Trinajstić information content (AvgIpc) is 2.89. The molecule has 0 bridgehead atoms. The molecule has 2 amide bonds. The molecule has 42 heavy (non-hydrogen) atoms. The van der Waals surface area contributed by atoms with Gasteiger partial charge in [-0.1, -0.05) is 42.5 Å². The smallest absolute Gasteiger partial charge is 0.426 e. The molecule has 1 aliphatic rings. The number of ether oxygens (including phenoxy) is 1. The largest absolute Gasteiger partial charge is 0.499 e. The molecule has 1 aliphatic carbocycles. The summed E-state index contributed by atoms with van der Waals surface area (Å²) in [4.78, 5) is 13.3. The Morgan fingerprint density at radius 3 is 2.05 bits per heavy atom. The topological polar surface area (TPSA) is 50.4 Å². The lowest BCUT2D eigenvalue weighted by Crippen LogP contribution is -2.54. The van der Waals surface area contributed by atoms with Crippen LogP contribution in [0, 0.1) is 11.6 Å². The molecule has 4 nitrogen and oxygen atoms in total. The zero-order valence-corrected chi connectivity index (χ0v) is 21.8. The molecule has 0 spiro atoms. The van der Waals surface area contributed by atoms with Gasteiger partial charge in [-0.05, 0) is 53.8 Å². The van der Waals surface area contributed by atoms with Crippen LogP contribution in [0.15, 0.2) is 72.8 Å². The predicted molar refractivity (Wildman–Crippen MR) is 134 cm³/mol. The summed E-state index contributed by atoms with van der Waals surface area (Å²) in [5.41, 5.74) is -1.59. The molecule has 226 valence electrons. The van der Waals surface area contributed by atoms with Crippen molar-refractivity contribution in [2.24, 2.45) is 0 Å². The molecular weight excluding hydrogens is 579 g/mol. The van der Waals surface area contributed by atoms with E-state index in [2.05, 4.69) is 15.4 Å². The normalized spacial score (nSPS) is 17.3. The van der Waals surface area contributed by atoms with Gasteiger partial charge in [0.2, 0.25) is 5.92 Å². The maximum Gasteiger partial charge on any atom is 0.499 e. The van der Waals surface area contributed by atoms with Gasteiger partial charge in [0.25, 0.3) is 0 Å². The fourth-order valence-electron chi connectivity index (χ4n) is 4.87. The molecule has 0 radical (unpaired) electrons. The van der Waals surface area contributed by atoms with Crippen LogP contribution < -0.4 is 15.4 Å². The van der Waals surface area contributed by atoms with Crippen molar-refractivity contribution >= 4 is 6.03 Å². The Morgan fingerprint density at radius 1 is 0.833 bits per heavy atom. The first-order chi connectivity index (χ1) is 19.6. The number of alkyl halides is 7. The summed E-state index contributed by atoms with van der Waals surface area (Å²) < 4.78 is 126. The number of carbonyl (C=O) groups is 1. The van der Waals surface area contributed by atoms with Crippen molar-refractivity contribution in [3.63, 3.8) is 0 Å². The van der Waals surface area contributed by atoms with Gasteiger partial charge in [0.1, 0.15) is 17.4 Å². The monoisotopic (exact) mass is 604 g/mol. The first-order valence-corrected chi connectivity index (χ1v) is 12.8. The summed E-state index contributed by atoms with van der Waals surface area (Å²) >= 11 is 0. The molecule has 0 saturated heterocycles. The van der Waals surface area contributed by atoms with Gasteiger partial charge < -0.3 is 15.4 Å². The first-order valence-electron chi connectivity index (χ1n) is 12.8. The van der Waals surface area contributed by atoms with Crippen LogP contribution in [-0.4, -0.2) is 30.3 Å². The minimum atomic E-state index is -6.12. The van der Waals surface area contributed by atoms with Crippen molar-refractivity contribution in [3.05, 3.63) is 101 Å². The van der Waals surface area contributed by atoms with Gasteiger partial charge in [-0.25, -0.2) is 22.4 Å². The minimum absolute atomic E-state index is 0.0485. The van der Waals surface area contributed by atoms with Gasteiger partial charge in [-0.2, -0.15) is 22.0 Å². The Hall–Kier alpha value is -3.90. The summed E-state index contributed by atoms with van der Waals surface area (Å²) in [6.45, 7) is 0. The third kappa shape index (κ3) is 7.29. The number of hydrogen-bond donors (Lipinski definition) is 2. The number of carbonyl (C=O) groups excluding carboxylic acids is 1. The molecule has 13 heteroatoms. The molecule has 0 aliphatic heterocycles. The number of amides is 2. The van der Waals surface area contributed by atoms with Gasteiger partial charge >= 0.3 is 18.3 Å². The molecular formula is C29H25F9N2O2. The van der Waals surface area contributed by atoms with Crippen molar-refractivity contribution in [2.45, 2.75) is 61.9 Å². The van der Waals surface area contributed by atoms with Crippen LogP contribution in [0.4, 0.5) is 44.3 Å². The average molecular weight is 605 g/mol. The second-order valence-electron chi connectivity index (χ2n) is 10.1. The Bertz CT molecular complexity index is 1370. The molecule has 1 fully saturated rings. The quantitative estimate of drug-likeness (QED) is 0.257. The van der Waals surface area contributed by atoms with Crippen molar-refractivity contribution < 1.29 is 49.0 Å². The summed E-state index contributed by atoms with van der Waals surface area (Å²) in [6, 6.07) is 13.0. The van der Waals surface area contributed by atoms with Crippen LogP contribution in [-0.2, 0) is 12.0 Å². The second kappa shape index (κ2) is 11.8. The Morgan fingerprint density at radius 2 is 1.45 bits per heavy atom.